The average molecular weight is 624 g/mol. The third-order valence-corrected chi connectivity index (χ3v) is 10.0. The normalized spacial score (nSPS) is 12.0. The van der Waals surface area contributed by atoms with E-state index < -0.39 is 0 Å². The summed E-state index contributed by atoms with van der Waals surface area (Å²) in [7, 11) is 0. The van der Waals surface area contributed by atoms with Crippen LogP contribution in [0.3, 0.4) is 0 Å². The van der Waals surface area contributed by atoms with E-state index in [1.54, 1.807) is 0 Å². The van der Waals surface area contributed by atoms with Gasteiger partial charge in [0.1, 0.15) is 11.2 Å². The molecular weight excluding hydrogens is 593 g/mol. The molecule has 1 heterocycles. The average Bonchev–Trinajstić information content (AvgIpc) is 3.56. The highest BCUT2D eigenvalue weighted by molar-refractivity contribution is 6.22. The fraction of sp³-hybridized carbons (Fsp3) is 0. The maximum absolute atomic E-state index is 8.07. The van der Waals surface area contributed by atoms with E-state index in [9.17, 15) is 0 Å². The number of rotatable bonds is 4. The van der Waals surface area contributed by atoms with Crippen molar-refractivity contribution in [2.75, 3.05) is 0 Å². The van der Waals surface area contributed by atoms with Gasteiger partial charge in [0.25, 0.3) is 0 Å². The second-order valence-electron chi connectivity index (χ2n) is 12.7. The summed E-state index contributed by atoms with van der Waals surface area (Å²) in [4.78, 5) is 0. The van der Waals surface area contributed by atoms with Gasteiger partial charge < -0.3 is 4.42 Å². The van der Waals surface area contributed by atoms with Crippen LogP contribution in [-0.4, -0.2) is 0 Å². The minimum Gasteiger partial charge on any atom is -0.456 e. The molecular formula is C48H30O. The van der Waals surface area contributed by atoms with Crippen molar-refractivity contribution in [2.24, 2.45) is 0 Å². The fourth-order valence-electron chi connectivity index (χ4n) is 7.81. The number of hydrogen-bond donors (Lipinski definition) is 0. The van der Waals surface area contributed by atoms with E-state index in [2.05, 4.69) is 146 Å². The maximum Gasteiger partial charge on any atom is 0.136 e. The van der Waals surface area contributed by atoms with Gasteiger partial charge in [-0.3, -0.25) is 0 Å². The molecule has 0 fully saturated rings. The molecule has 1 nitrogen and oxygen atoms in total. The molecule has 0 aliphatic carbocycles. The first-order chi connectivity index (χ1) is 24.7. The zero-order valence-electron chi connectivity index (χ0n) is 27.7. The maximum atomic E-state index is 8.07. The van der Waals surface area contributed by atoms with E-state index in [4.69, 9.17) is 5.79 Å². The van der Waals surface area contributed by atoms with Crippen LogP contribution in [0.25, 0.3) is 98.8 Å². The Hall–Kier alpha value is -6.44. The molecule has 0 saturated carbocycles. The first kappa shape index (κ1) is 26.6. The second kappa shape index (κ2) is 11.1. The van der Waals surface area contributed by atoms with Gasteiger partial charge in [-0.2, -0.15) is 0 Å². The summed E-state index contributed by atoms with van der Waals surface area (Å²) < 4.78 is 14.3. The Labute approximate surface area is 285 Å². The van der Waals surface area contributed by atoms with Crippen molar-refractivity contribution >= 4 is 54.3 Å². The third kappa shape index (κ3) is 4.40. The third-order valence-electron chi connectivity index (χ3n) is 10.0. The zero-order chi connectivity index (χ0) is 33.2. The topological polar surface area (TPSA) is 13.1 Å². The molecule has 0 atom stereocenters. The van der Waals surface area contributed by atoms with Crippen LogP contribution in [0, 0.1) is 0 Å². The molecule has 0 amide bonds. The van der Waals surface area contributed by atoms with Crippen LogP contribution in [0.4, 0.5) is 0 Å². The molecule has 49 heavy (non-hydrogen) atoms. The Kier molecular flexibility index (Phi) is 6.02. The van der Waals surface area contributed by atoms with E-state index >= 15 is 0 Å². The van der Waals surface area contributed by atoms with Crippen molar-refractivity contribution in [2.45, 2.75) is 0 Å². The lowest BCUT2D eigenvalue weighted by Gasteiger charge is -2.20. The van der Waals surface area contributed by atoms with E-state index in [1.165, 1.54) is 66.1 Å². The van der Waals surface area contributed by atoms with E-state index in [0.29, 0.717) is 6.04 Å². The van der Waals surface area contributed by atoms with Crippen LogP contribution in [0.15, 0.2) is 186 Å². The number of fused-ring (bicyclic) bond motifs is 6. The lowest BCUT2D eigenvalue weighted by Crippen LogP contribution is -1.93. The summed E-state index contributed by atoms with van der Waals surface area (Å²) in [6.45, 7) is 0. The summed E-state index contributed by atoms with van der Waals surface area (Å²) in [5, 5.41) is 9.43. The van der Waals surface area contributed by atoms with Crippen LogP contribution in [0.5, 0.6) is 0 Å². The summed E-state index contributed by atoms with van der Waals surface area (Å²) in [6, 6.07) is 63.1. The Morgan fingerprint density at radius 2 is 0.918 bits per heavy atom. The Bertz CT molecular complexity index is 2870. The molecule has 0 bridgehead atoms. The number of furan rings is 1. The number of para-hydroxylation sites is 1. The van der Waals surface area contributed by atoms with Crippen molar-refractivity contribution in [3.8, 4) is 44.5 Å². The molecule has 10 rings (SSSR count). The number of benzene rings is 9. The molecule has 0 unspecified atom stereocenters. The molecule has 0 spiro atoms. The van der Waals surface area contributed by atoms with Crippen molar-refractivity contribution in [1.29, 1.82) is 0 Å². The van der Waals surface area contributed by atoms with Gasteiger partial charge in [0.05, 0.1) is 1.37 Å². The number of hydrogen-bond acceptors (Lipinski definition) is 1. The van der Waals surface area contributed by atoms with Gasteiger partial charge in [0.15, 0.2) is 0 Å². The Balaban J connectivity index is 1.17. The van der Waals surface area contributed by atoms with Crippen LogP contribution < -0.4 is 0 Å². The van der Waals surface area contributed by atoms with Gasteiger partial charge in [0.2, 0.25) is 0 Å². The summed E-state index contributed by atoms with van der Waals surface area (Å²) in [5.74, 6) is 0. The molecule has 228 valence electrons. The minimum absolute atomic E-state index is 0.530. The van der Waals surface area contributed by atoms with Crippen LogP contribution in [0.2, 0.25) is 0 Å². The van der Waals surface area contributed by atoms with E-state index in [0.717, 1.165) is 32.7 Å². The molecule has 1 aromatic heterocycles. The lowest BCUT2D eigenvalue weighted by atomic mass is 9.83. The largest absolute Gasteiger partial charge is 0.456 e. The highest BCUT2D eigenvalue weighted by Gasteiger charge is 2.19. The molecule has 0 aliphatic rings. The van der Waals surface area contributed by atoms with Crippen molar-refractivity contribution in [1.82, 2.24) is 0 Å². The summed E-state index contributed by atoms with van der Waals surface area (Å²) in [5.41, 5.74) is 11.4. The van der Waals surface area contributed by atoms with Gasteiger partial charge in [0, 0.05) is 10.8 Å². The highest BCUT2D eigenvalue weighted by atomic mass is 16.3. The predicted octanol–water partition coefficient (Wildman–Crippen LogP) is 13.7. The first-order valence-electron chi connectivity index (χ1n) is 17.3. The fourth-order valence-corrected chi connectivity index (χ4v) is 7.81. The van der Waals surface area contributed by atoms with Crippen LogP contribution in [0.1, 0.15) is 1.37 Å². The van der Waals surface area contributed by atoms with Gasteiger partial charge in [-0.05, 0) is 95.0 Å². The van der Waals surface area contributed by atoms with Crippen molar-refractivity contribution < 1.29 is 5.79 Å². The molecule has 9 aromatic carbocycles. The lowest BCUT2D eigenvalue weighted by molar-refractivity contribution is 0.669. The van der Waals surface area contributed by atoms with Crippen LogP contribution in [-0.2, 0) is 0 Å². The predicted molar refractivity (Wildman–Crippen MR) is 208 cm³/mol. The summed E-state index contributed by atoms with van der Waals surface area (Å²) >= 11 is 0. The smallest absolute Gasteiger partial charge is 0.136 e. The van der Waals surface area contributed by atoms with E-state index in [1.807, 2.05) is 30.3 Å². The minimum atomic E-state index is 0.530. The highest BCUT2D eigenvalue weighted by Crippen LogP contribution is 2.46. The van der Waals surface area contributed by atoms with Crippen molar-refractivity contribution in [3.05, 3.63) is 182 Å². The summed E-state index contributed by atoms with van der Waals surface area (Å²) in [6.07, 6.45) is 0. The van der Waals surface area contributed by atoms with Gasteiger partial charge in [-0.25, -0.2) is 0 Å². The SMILES string of the molecule is [2H]c1ccc2cc(-c3ccccc3-c3c4ccccc4c(-c4ccc(-c5cccc6oc7ccccc7c56)cc4)c4ccccc34)ccc2c1. The molecule has 10 aromatic rings. The molecule has 0 radical (unpaired) electrons. The molecule has 0 aliphatic heterocycles. The van der Waals surface area contributed by atoms with Crippen LogP contribution >= 0.6 is 0 Å². The molecule has 1 heteroatoms. The Morgan fingerprint density at radius 1 is 0.347 bits per heavy atom. The van der Waals surface area contributed by atoms with Gasteiger partial charge in [-0.1, -0.05) is 164 Å². The zero-order valence-corrected chi connectivity index (χ0v) is 26.7. The standard InChI is InChI=1S/C48H30O/c1-2-13-34-30-35(29-24-31(34)12-1)36-14-3-4-15-38(36)47-41-18-7-5-16-39(41)46(40-17-6-8-19-42(40)47)33-27-25-32(26-28-33)37-21-11-23-45-48(37)43-20-9-10-22-44(43)49-45/h1-30H/i1D. The monoisotopic (exact) mass is 623 g/mol. The second-order valence-corrected chi connectivity index (χ2v) is 12.7. The van der Waals surface area contributed by atoms with Gasteiger partial charge in [-0.15, -0.1) is 0 Å². The van der Waals surface area contributed by atoms with Gasteiger partial charge >= 0.3 is 0 Å². The van der Waals surface area contributed by atoms with Crippen molar-refractivity contribution in [3.63, 3.8) is 0 Å². The molecule has 0 saturated heterocycles. The first-order valence-corrected chi connectivity index (χ1v) is 16.8. The van der Waals surface area contributed by atoms with E-state index in [-0.39, 0.29) is 0 Å². The quantitative estimate of drug-likeness (QED) is 0.178. The Morgan fingerprint density at radius 3 is 1.67 bits per heavy atom. The molecule has 0 N–H and O–H groups in total.